The maximum atomic E-state index is 12.9. The van der Waals surface area contributed by atoms with Crippen molar-refractivity contribution in [3.05, 3.63) is 24.3 Å². The van der Waals surface area contributed by atoms with Gasteiger partial charge >= 0.3 is 0 Å². The lowest BCUT2D eigenvalue weighted by Gasteiger charge is -2.50. The Labute approximate surface area is 236 Å². The molecule has 216 valence electrons. The molecular formula is C32H52N6O. The van der Waals surface area contributed by atoms with E-state index in [1.165, 1.54) is 30.6 Å². The van der Waals surface area contributed by atoms with Crippen LogP contribution in [0, 0.1) is 17.3 Å². The normalized spacial score (nSPS) is 31.0. The Balaban J connectivity index is 1.14. The molecular weight excluding hydrogens is 484 g/mol. The van der Waals surface area contributed by atoms with Gasteiger partial charge in [-0.25, -0.2) is 5.01 Å². The predicted octanol–water partition coefficient (Wildman–Crippen LogP) is 4.23. The largest absolute Gasteiger partial charge is 0.368 e. The van der Waals surface area contributed by atoms with Crippen LogP contribution in [0.2, 0.25) is 0 Å². The molecule has 1 amide bonds. The van der Waals surface area contributed by atoms with Gasteiger partial charge < -0.3 is 21.0 Å². The summed E-state index contributed by atoms with van der Waals surface area (Å²) >= 11 is 0. The molecule has 3 atom stereocenters. The molecule has 3 N–H and O–H groups in total. The Morgan fingerprint density at radius 1 is 0.923 bits per heavy atom. The van der Waals surface area contributed by atoms with Crippen LogP contribution < -0.4 is 21.0 Å². The quantitative estimate of drug-likeness (QED) is 0.601. The number of likely N-dealkylation sites (tertiary alicyclic amines) is 1. The van der Waals surface area contributed by atoms with Crippen molar-refractivity contribution in [2.75, 3.05) is 55.7 Å². The molecule has 0 spiro atoms. The lowest BCUT2D eigenvalue weighted by atomic mass is 9.78. The third-order valence-electron chi connectivity index (χ3n) is 10.9. The highest BCUT2D eigenvalue weighted by Gasteiger charge is 2.49. The van der Waals surface area contributed by atoms with Crippen LogP contribution in [0.25, 0.3) is 0 Å². The number of nitrogens with zero attached hydrogens (tertiary/aromatic N) is 4. The van der Waals surface area contributed by atoms with Crippen molar-refractivity contribution < 1.29 is 4.79 Å². The number of para-hydroxylation sites is 2. The van der Waals surface area contributed by atoms with Crippen molar-refractivity contribution in [1.29, 1.82) is 0 Å². The highest BCUT2D eigenvalue weighted by molar-refractivity contribution is 5.84. The second-order valence-electron chi connectivity index (χ2n) is 14.2. The molecule has 3 saturated heterocycles. The van der Waals surface area contributed by atoms with Crippen molar-refractivity contribution in [2.24, 2.45) is 23.0 Å². The fraction of sp³-hybridized carbons (Fsp3) is 0.781. The number of carbonyl (C=O) groups is 1. The molecule has 1 aliphatic carbocycles. The van der Waals surface area contributed by atoms with Crippen molar-refractivity contribution in [1.82, 2.24) is 15.2 Å². The zero-order chi connectivity index (χ0) is 27.2. The number of rotatable bonds is 4. The van der Waals surface area contributed by atoms with E-state index in [9.17, 15) is 4.79 Å². The monoisotopic (exact) mass is 536 g/mol. The molecule has 1 saturated carbocycles. The lowest BCUT2D eigenvalue weighted by molar-refractivity contribution is -0.133. The predicted molar refractivity (Wildman–Crippen MR) is 160 cm³/mol. The first-order valence-electron chi connectivity index (χ1n) is 15.9. The van der Waals surface area contributed by atoms with Crippen molar-refractivity contribution in [3.63, 3.8) is 0 Å². The molecule has 1 aromatic rings. The summed E-state index contributed by atoms with van der Waals surface area (Å²) in [6.45, 7) is 14.7. The van der Waals surface area contributed by atoms with Gasteiger partial charge in [-0.2, -0.15) is 0 Å². The highest BCUT2D eigenvalue weighted by Crippen LogP contribution is 2.43. The van der Waals surface area contributed by atoms with Gasteiger partial charge in [-0.3, -0.25) is 9.69 Å². The van der Waals surface area contributed by atoms with Crippen molar-refractivity contribution in [2.45, 2.75) is 96.2 Å². The number of primary amides is 1. The molecule has 1 aromatic carbocycles. The summed E-state index contributed by atoms with van der Waals surface area (Å²) < 4.78 is 0. The summed E-state index contributed by atoms with van der Waals surface area (Å²) in [5.74, 6) is 1.39. The van der Waals surface area contributed by atoms with Crippen molar-refractivity contribution >= 4 is 17.3 Å². The van der Waals surface area contributed by atoms with Crippen LogP contribution in [0.3, 0.4) is 0 Å². The van der Waals surface area contributed by atoms with Crippen LogP contribution in [-0.4, -0.2) is 79.3 Å². The average Bonchev–Trinajstić information content (AvgIpc) is 3.49. The minimum absolute atomic E-state index is 0.0823. The molecule has 7 heteroatoms. The number of nitrogens with one attached hydrogen (secondary N) is 1. The Hall–Kier alpha value is -1.83. The first-order valence-corrected chi connectivity index (χ1v) is 15.9. The summed E-state index contributed by atoms with van der Waals surface area (Å²) in [5.41, 5.74) is 8.77. The number of fused-ring (bicyclic) bond motifs is 2. The Bertz CT molecular complexity index is 1010. The average molecular weight is 537 g/mol. The van der Waals surface area contributed by atoms with Gasteiger partial charge in [-0.15, -0.1) is 0 Å². The Morgan fingerprint density at radius 3 is 2.26 bits per heavy atom. The maximum Gasteiger partial charge on any atom is 0.237 e. The molecule has 4 aliphatic heterocycles. The minimum Gasteiger partial charge on any atom is -0.368 e. The van der Waals surface area contributed by atoms with Gasteiger partial charge in [0.15, 0.2) is 0 Å². The smallest absolute Gasteiger partial charge is 0.237 e. The third-order valence-corrected chi connectivity index (χ3v) is 10.9. The van der Waals surface area contributed by atoms with Crippen LogP contribution in [0.5, 0.6) is 0 Å². The summed E-state index contributed by atoms with van der Waals surface area (Å²) in [4.78, 5) is 18.0. The van der Waals surface area contributed by atoms with E-state index < -0.39 is 5.54 Å². The zero-order valence-electron chi connectivity index (χ0n) is 24.7. The topological polar surface area (TPSA) is 68.1 Å². The van der Waals surface area contributed by atoms with E-state index in [1.54, 1.807) is 0 Å². The SMILES string of the molecule is CC(C)(C)C1NCC2CN(N3CCN(C4CCN(C5(C(N)=O)CCCCCCC5)CC4)c4ccccc43)CC21. The standard InChI is InChI=1S/C32H52N6O/c1-31(2,3)29-26-23-36(22-24(26)21-34-29)38-20-19-37(27-11-7-8-12-28(27)38)25-13-17-35(18-14-25)32(30(33)39)15-9-5-4-6-10-16-32/h7-8,11-12,24-26,29,34H,4-6,9-10,13-23H2,1-3H3,(H2,33,39). The first kappa shape index (κ1) is 27.3. The van der Waals surface area contributed by atoms with E-state index in [0.29, 0.717) is 17.5 Å². The van der Waals surface area contributed by atoms with Crippen molar-refractivity contribution in [3.8, 4) is 0 Å². The van der Waals surface area contributed by atoms with Gasteiger partial charge in [0, 0.05) is 44.8 Å². The second kappa shape index (κ2) is 10.9. The van der Waals surface area contributed by atoms with Gasteiger partial charge in [-0.05, 0) is 61.6 Å². The van der Waals surface area contributed by atoms with Crippen LogP contribution >= 0.6 is 0 Å². The van der Waals surface area contributed by atoms with Gasteiger partial charge in [0.1, 0.15) is 5.54 Å². The molecule has 0 bridgehead atoms. The third kappa shape index (κ3) is 5.08. The Kier molecular flexibility index (Phi) is 7.62. The fourth-order valence-corrected chi connectivity index (χ4v) is 8.90. The number of piperidine rings is 1. The number of hydrazine groups is 1. The lowest BCUT2D eigenvalue weighted by Crippen LogP contribution is -2.62. The summed E-state index contributed by atoms with van der Waals surface area (Å²) in [7, 11) is 0. The van der Waals surface area contributed by atoms with E-state index >= 15 is 0 Å². The molecule has 39 heavy (non-hydrogen) atoms. The minimum atomic E-state index is -0.421. The molecule has 4 fully saturated rings. The summed E-state index contributed by atoms with van der Waals surface area (Å²) in [6, 6.07) is 10.2. The number of anilines is 2. The Morgan fingerprint density at radius 2 is 1.59 bits per heavy atom. The number of carbonyl (C=O) groups excluding carboxylic acids is 1. The number of hydrogen-bond donors (Lipinski definition) is 2. The zero-order valence-corrected chi connectivity index (χ0v) is 24.7. The summed E-state index contributed by atoms with van der Waals surface area (Å²) in [6.07, 6.45) is 10.1. The van der Waals surface area contributed by atoms with Crippen LogP contribution in [0.15, 0.2) is 24.3 Å². The van der Waals surface area contributed by atoms with E-state index in [0.717, 1.165) is 96.2 Å². The fourth-order valence-electron chi connectivity index (χ4n) is 8.90. The number of nitrogens with two attached hydrogens (primary N) is 1. The summed E-state index contributed by atoms with van der Waals surface area (Å²) in [5, 5.41) is 9.12. The highest BCUT2D eigenvalue weighted by atomic mass is 16.1. The maximum absolute atomic E-state index is 12.9. The molecule has 7 nitrogen and oxygen atoms in total. The van der Waals surface area contributed by atoms with E-state index in [-0.39, 0.29) is 5.91 Å². The van der Waals surface area contributed by atoms with E-state index in [1.807, 2.05) is 0 Å². The number of benzene rings is 1. The second-order valence-corrected chi connectivity index (χ2v) is 14.2. The van der Waals surface area contributed by atoms with E-state index in [2.05, 4.69) is 70.2 Å². The van der Waals surface area contributed by atoms with Crippen LogP contribution in [-0.2, 0) is 4.79 Å². The molecule has 6 rings (SSSR count). The molecule has 0 aromatic heterocycles. The molecule has 4 heterocycles. The van der Waals surface area contributed by atoms with Crippen LogP contribution in [0.1, 0.15) is 78.6 Å². The van der Waals surface area contributed by atoms with Gasteiger partial charge in [0.25, 0.3) is 0 Å². The number of hydrogen-bond acceptors (Lipinski definition) is 6. The number of amides is 1. The first-order chi connectivity index (χ1) is 18.8. The van der Waals surface area contributed by atoms with Gasteiger partial charge in [0.2, 0.25) is 5.91 Å². The molecule has 3 unspecified atom stereocenters. The van der Waals surface area contributed by atoms with Gasteiger partial charge in [-0.1, -0.05) is 65.0 Å². The van der Waals surface area contributed by atoms with Crippen LogP contribution in [0.4, 0.5) is 11.4 Å². The molecule has 0 radical (unpaired) electrons. The molecule has 5 aliphatic rings. The van der Waals surface area contributed by atoms with Gasteiger partial charge in [0.05, 0.1) is 17.9 Å². The van der Waals surface area contributed by atoms with E-state index in [4.69, 9.17) is 5.73 Å².